The van der Waals surface area contributed by atoms with Gasteiger partial charge in [-0.15, -0.1) is 11.6 Å². The van der Waals surface area contributed by atoms with Gasteiger partial charge in [-0.2, -0.15) is 5.26 Å². The van der Waals surface area contributed by atoms with Crippen molar-refractivity contribution >= 4 is 11.6 Å². The van der Waals surface area contributed by atoms with Gasteiger partial charge in [-0.1, -0.05) is 60.7 Å². The Labute approximate surface area is 136 Å². The highest BCUT2D eigenvalue weighted by atomic mass is 35.5. The van der Waals surface area contributed by atoms with Gasteiger partial charge in [0.2, 0.25) is 0 Å². The molecule has 0 amide bonds. The van der Waals surface area contributed by atoms with Gasteiger partial charge >= 0.3 is 0 Å². The summed E-state index contributed by atoms with van der Waals surface area (Å²) in [6, 6.07) is 23.2. The molecule has 0 N–H and O–H groups in total. The minimum Gasteiger partial charge on any atom is -0.277 e. The Morgan fingerprint density at radius 3 is 1.86 bits per heavy atom. The van der Waals surface area contributed by atoms with Crippen LogP contribution >= 0.6 is 11.6 Å². The predicted octanol–water partition coefficient (Wildman–Crippen LogP) is 4.21. The first-order valence-corrected chi connectivity index (χ1v) is 8.12. The molecule has 0 aromatic heterocycles. The highest BCUT2D eigenvalue weighted by Gasteiger charge is 2.58. The first-order valence-electron chi connectivity index (χ1n) is 7.58. The lowest BCUT2D eigenvalue weighted by Crippen LogP contribution is -2.37. The van der Waals surface area contributed by atoms with Crippen LogP contribution in [0.3, 0.4) is 0 Å². The van der Waals surface area contributed by atoms with Crippen molar-refractivity contribution in [1.29, 1.82) is 5.26 Å². The van der Waals surface area contributed by atoms with Gasteiger partial charge in [-0.25, -0.2) is 0 Å². The summed E-state index contributed by atoms with van der Waals surface area (Å²) in [7, 11) is 0. The third-order valence-electron chi connectivity index (χ3n) is 4.45. The average Bonchev–Trinajstić information content (AvgIpc) is 3.31. The quantitative estimate of drug-likeness (QED) is 0.747. The summed E-state index contributed by atoms with van der Waals surface area (Å²) in [6.07, 6.45) is 0.868. The van der Waals surface area contributed by atoms with Crippen molar-refractivity contribution in [2.24, 2.45) is 5.92 Å². The molecule has 0 radical (unpaired) electrons. The summed E-state index contributed by atoms with van der Waals surface area (Å²) in [5, 5.41) is 9.73. The molecule has 3 rings (SSSR count). The van der Waals surface area contributed by atoms with Gasteiger partial charge in [-0.05, 0) is 17.5 Å². The van der Waals surface area contributed by atoms with E-state index in [0.29, 0.717) is 5.88 Å². The zero-order valence-corrected chi connectivity index (χ0v) is 13.2. The van der Waals surface area contributed by atoms with Crippen LogP contribution < -0.4 is 0 Å². The monoisotopic (exact) mass is 310 g/mol. The van der Waals surface area contributed by atoms with E-state index < -0.39 is 5.54 Å². The fraction of sp³-hybridized carbons (Fsp3) is 0.316. The highest BCUT2D eigenvalue weighted by Crippen LogP contribution is 2.49. The fourth-order valence-corrected chi connectivity index (χ4v) is 3.40. The largest absolute Gasteiger partial charge is 0.277 e. The van der Waals surface area contributed by atoms with Crippen LogP contribution in [0, 0.1) is 17.2 Å². The first kappa shape index (κ1) is 15.1. The molecule has 2 aromatic rings. The van der Waals surface area contributed by atoms with Gasteiger partial charge < -0.3 is 0 Å². The van der Waals surface area contributed by atoms with Gasteiger partial charge in [0.25, 0.3) is 0 Å². The molecule has 2 nitrogen and oxygen atoms in total. The standard InChI is InChI=1S/C19H19ClN2/c20-12-18-11-19(18,15-21)22(13-16-7-3-1-4-8-16)14-17-9-5-2-6-10-17/h1-10,18H,11-14H2. The number of hydrogen-bond acceptors (Lipinski definition) is 2. The first-order chi connectivity index (χ1) is 10.8. The number of halogens is 1. The fourth-order valence-electron chi connectivity index (χ4n) is 3.04. The molecule has 0 bridgehead atoms. The van der Waals surface area contributed by atoms with Gasteiger partial charge in [0.15, 0.2) is 0 Å². The minimum atomic E-state index is -0.409. The van der Waals surface area contributed by atoms with Crippen molar-refractivity contribution in [2.75, 3.05) is 5.88 Å². The Morgan fingerprint density at radius 1 is 1.00 bits per heavy atom. The molecule has 1 aliphatic carbocycles. The van der Waals surface area contributed by atoms with Crippen LogP contribution in [0.15, 0.2) is 60.7 Å². The molecular formula is C19H19ClN2. The summed E-state index contributed by atoms with van der Waals surface area (Å²) < 4.78 is 0. The Balaban J connectivity index is 1.84. The van der Waals surface area contributed by atoms with Gasteiger partial charge in [0.05, 0.1) is 6.07 Å². The number of nitrogens with zero attached hydrogens (tertiary/aromatic N) is 2. The van der Waals surface area contributed by atoms with Crippen LogP contribution in [-0.4, -0.2) is 16.3 Å². The second kappa shape index (κ2) is 6.52. The lowest BCUT2D eigenvalue weighted by molar-refractivity contribution is 0.188. The number of nitriles is 1. The van der Waals surface area contributed by atoms with E-state index in [-0.39, 0.29) is 5.92 Å². The molecule has 2 unspecified atom stereocenters. The Bertz CT molecular complexity index is 609. The summed E-state index contributed by atoms with van der Waals surface area (Å²) in [6.45, 7) is 1.55. The molecule has 0 saturated heterocycles. The van der Waals surface area contributed by atoms with Crippen LogP contribution in [0.1, 0.15) is 17.5 Å². The Morgan fingerprint density at radius 2 is 1.50 bits per heavy atom. The molecule has 2 aromatic carbocycles. The summed E-state index contributed by atoms with van der Waals surface area (Å²) >= 11 is 6.03. The molecule has 3 heteroatoms. The van der Waals surface area contributed by atoms with Crippen LogP contribution in [0.2, 0.25) is 0 Å². The maximum atomic E-state index is 9.73. The number of hydrogen-bond donors (Lipinski definition) is 0. The summed E-state index contributed by atoms with van der Waals surface area (Å²) in [5.41, 5.74) is 2.05. The molecule has 1 aliphatic rings. The molecule has 1 fully saturated rings. The van der Waals surface area contributed by atoms with Crippen molar-refractivity contribution in [3.05, 3.63) is 71.8 Å². The van der Waals surface area contributed by atoms with Crippen molar-refractivity contribution in [3.63, 3.8) is 0 Å². The predicted molar refractivity (Wildman–Crippen MR) is 89.3 cm³/mol. The second-order valence-electron chi connectivity index (χ2n) is 5.92. The zero-order valence-electron chi connectivity index (χ0n) is 12.5. The molecule has 22 heavy (non-hydrogen) atoms. The Kier molecular flexibility index (Phi) is 4.47. The highest BCUT2D eigenvalue weighted by molar-refractivity contribution is 6.18. The third kappa shape index (κ3) is 3.02. The maximum absolute atomic E-state index is 9.73. The van der Waals surface area contributed by atoms with E-state index in [0.717, 1.165) is 19.5 Å². The molecule has 2 atom stereocenters. The average molecular weight is 311 g/mol. The number of alkyl halides is 1. The smallest absolute Gasteiger partial charge is 0.114 e. The Hall–Kier alpha value is -1.82. The molecule has 0 aliphatic heterocycles. The summed E-state index contributed by atoms with van der Waals surface area (Å²) in [4.78, 5) is 2.28. The van der Waals surface area contributed by atoms with E-state index in [1.165, 1.54) is 11.1 Å². The van der Waals surface area contributed by atoms with Crippen LogP contribution in [0.4, 0.5) is 0 Å². The van der Waals surface area contributed by atoms with E-state index in [4.69, 9.17) is 11.6 Å². The maximum Gasteiger partial charge on any atom is 0.114 e. The second-order valence-corrected chi connectivity index (χ2v) is 6.23. The van der Waals surface area contributed by atoms with Gasteiger partial charge in [-0.3, -0.25) is 4.90 Å². The number of benzene rings is 2. The third-order valence-corrected chi connectivity index (χ3v) is 4.82. The lowest BCUT2D eigenvalue weighted by Gasteiger charge is -2.28. The van der Waals surface area contributed by atoms with Crippen molar-refractivity contribution in [2.45, 2.75) is 25.0 Å². The topological polar surface area (TPSA) is 27.0 Å². The van der Waals surface area contributed by atoms with Gasteiger partial charge in [0.1, 0.15) is 5.54 Å². The van der Waals surface area contributed by atoms with E-state index >= 15 is 0 Å². The lowest BCUT2D eigenvalue weighted by atomic mass is 10.1. The number of rotatable bonds is 6. The van der Waals surface area contributed by atoms with E-state index in [1.807, 2.05) is 36.4 Å². The van der Waals surface area contributed by atoms with Crippen LogP contribution in [0.25, 0.3) is 0 Å². The van der Waals surface area contributed by atoms with Crippen molar-refractivity contribution < 1.29 is 0 Å². The molecule has 0 heterocycles. The molecule has 112 valence electrons. The molecule has 0 spiro atoms. The van der Waals surface area contributed by atoms with E-state index in [1.54, 1.807) is 0 Å². The summed E-state index contributed by atoms with van der Waals surface area (Å²) in [5.74, 6) is 0.819. The molecular weight excluding hydrogens is 292 g/mol. The minimum absolute atomic E-state index is 0.270. The van der Waals surface area contributed by atoms with Crippen LogP contribution in [-0.2, 0) is 13.1 Å². The SMILES string of the molecule is N#CC1(N(Cc2ccccc2)Cc2ccccc2)CC1CCl. The van der Waals surface area contributed by atoms with Crippen molar-refractivity contribution in [1.82, 2.24) is 4.90 Å². The van der Waals surface area contributed by atoms with E-state index in [2.05, 4.69) is 35.2 Å². The molecule has 1 saturated carbocycles. The van der Waals surface area contributed by atoms with E-state index in [9.17, 15) is 5.26 Å². The van der Waals surface area contributed by atoms with Crippen molar-refractivity contribution in [3.8, 4) is 6.07 Å². The zero-order chi connectivity index (χ0) is 15.4. The van der Waals surface area contributed by atoms with Crippen LogP contribution in [0.5, 0.6) is 0 Å². The normalized spacial score (nSPS) is 23.2. The van der Waals surface area contributed by atoms with Gasteiger partial charge in [0, 0.05) is 24.9 Å².